The molecule has 316 valence electrons. The number of hydrogen-bond donors (Lipinski definition) is 2. The largest absolute Gasteiger partial charge is 0.486 e. The topological polar surface area (TPSA) is 134 Å². The molecule has 0 unspecified atom stereocenters. The zero-order valence-electron chi connectivity index (χ0n) is 35.1. The molecule has 0 saturated carbocycles. The fourth-order valence-electron chi connectivity index (χ4n) is 6.07. The average Bonchev–Trinajstić information content (AvgIpc) is 3.14. The van der Waals surface area contributed by atoms with Gasteiger partial charge in [0, 0.05) is 55.3 Å². The number of hydrogen-bond acceptors (Lipinski definition) is 11. The highest BCUT2D eigenvalue weighted by atomic mass is 32.2. The van der Waals surface area contributed by atoms with Gasteiger partial charge in [-0.05, 0) is 78.1 Å². The fourth-order valence-corrected chi connectivity index (χ4v) is 8.86. The van der Waals surface area contributed by atoms with Gasteiger partial charge in [0.2, 0.25) is 15.8 Å². The first-order valence-corrected chi connectivity index (χ1v) is 28.8. The van der Waals surface area contributed by atoms with Crippen molar-refractivity contribution in [1.29, 1.82) is 0 Å². The van der Waals surface area contributed by atoms with Crippen LogP contribution in [-0.4, -0.2) is 98.8 Å². The summed E-state index contributed by atoms with van der Waals surface area (Å²) >= 11 is 0. The zero-order chi connectivity index (χ0) is 41.3. The second-order valence-corrected chi connectivity index (χ2v) is 31.0. The number of sulfonamides is 1. The maximum atomic E-state index is 13.8. The van der Waals surface area contributed by atoms with E-state index in [0.29, 0.717) is 51.0 Å². The third-order valence-electron chi connectivity index (χ3n) is 9.63. The molecule has 3 aromatic rings. The number of nitrogens with one attached hydrogen (secondary N) is 1. The van der Waals surface area contributed by atoms with Gasteiger partial charge in [0.1, 0.15) is 25.8 Å². The summed E-state index contributed by atoms with van der Waals surface area (Å²) in [6.07, 6.45) is -0.262. The summed E-state index contributed by atoms with van der Waals surface area (Å²) in [6.45, 7) is 20.6. The number of nitrogens with zero attached hydrogens (tertiary/aromatic N) is 1. The molecule has 5 rings (SSSR count). The first-order valence-electron chi connectivity index (χ1n) is 20.0. The van der Waals surface area contributed by atoms with Crippen molar-refractivity contribution in [3.8, 4) is 17.2 Å². The molecule has 57 heavy (non-hydrogen) atoms. The van der Waals surface area contributed by atoms with Crippen LogP contribution in [0.1, 0.15) is 42.2 Å². The highest BCUT2D eigenvalue weighted by Crippen LogP contribution is 2.34. The average molecular weight is 845 g/mol. The van der Waals surface area contributed by atoms with Crippen molar-refractivity contribution in [2.24, 2.45) is 0 Å². The molecular weight excluding hydrogens is 781 g/mol. The van der Waals surface area contributed by atoms with Gasteiger partial charge in [-0.25, -0.2) is 8.42 Å². The van der Waals surface area contributed by atoms with Crippen LogP contribution in [0.15, 0.2) is 65.6 Å². The molecule has 0 amide bonds. The van der Waals surface area contributed by atoms with Crippen molar-refractivity contribution in [1.82, 2.24) is 9.62 Å². The molecule has 2 aliphatic heterocycles. The summed E-state index contributed by atoms with van der Waals surface area (Å²) < 4.78 is 70.6. The number of ether oxygens (including phenoxy) is 7. The highest BCUT2D eigenvalue weighted by molar-refractivity contribution is 7.89. The zero-order valence-corrected chi connectivity index (χ0v) is 37.9. The Labute approximate surface area is 342 Å². The molecule has 15 heteroatoms. The van der Waals surface area contributed by atoms with Gasteiger partial charge in [0.05, 0.1) is 30.8 Å². The monoisotopic (exact) mass is 844 g/mol. The molecule has 0 bridgehead atoms. The number of rotatable bonds is 22. The van der Waals surface area contributed by atoms with Crippen molar-refractivity contribution in [3.63, 3.8) is 0 Å². The smallest absolute Gasteiger partial charge is 0.247 e. The molecule has 2 N–H and O–H groups in total. The maximum Gasteiger partial charge on any atom is 0.247 e. The number of benzene rings is 3. The molecule has 2 heterocycles. The van der Waals surface area contributed by atoms with Gasteiger partial charge in [0.25, 0.3) is 0 Å². The Bertz CT molecular complexity index is 1840. The van der Waals surface area contributed by atoms with Crippen molar-refractivity contribution < 1.29 is 46.7 Å². The van der Waals surface area contributed by atoms with Gasteiger partial charge in [-0.3, -0.25) is 0 Å². The maximum absolute atomic E-state index is 13.8. The lowest BCUT2D eigenvalue weighted by Crippen LogP contribution is -2.36. The van der Waals surface area contributed by atoms with Crippen LogP contribution in [-0.2, 0) is 48.6 Å². The highest BCUT2D eigenvalue weighted by Gasteiger charge is 2.29. The Balaban J connectivity index is 1.08. The van der Waals surface area contributed by atoms with Crippen LogP contribution >= 0.6 is 0 Å². The van der Waals surface area contributed by atoms with E-state index in [9.17, 15) is 13.5 Å². The lowest BCUT2D eigenvalue weighted by Gasteiger charge is -2.33. The first kappa shape index (κ1) is 45.3. The molecule has 0 spiro atoms. The Hall–Kier alpha value is -2.84. The summed E-state index contributed by atoms with van der Waals surface area (Å²) in [5.74, 6) is 1.46. The molecule has 0 fully saturated rings. The summed E-state index contributed by atoms with van der Waals surface area (Å²) in [5.41, 5.74) is 3.54. The molecule has 0 aliphatic carbocycles. The third-order valence-corrected chi connectivity index (χ3v) is 14.8. The third kappa shape index (κ3) is 14.4. The van der Waals surface area contributed by atoms with Crippen LogP contribution in [0.2, 0.25) is 51.4 Å². The molecule has 12 nitrogen and oxygen atoms in total. The Morgan fingerprint density at radius 1 is 0.877 bits per heavy atom. The normalized spacial score (nSPS) is 17.3. The van der Waals surface area contributed by atoms with E-state index in [1.54, 1.807) is 18.2 Å². The SMILES string of the molecule is CC1(C)OCc2cc([C@H](O)CNCCc3ccc4c(c3)O[C@H](COCc3cccc(S(=O)(=O)N(COCC[Si](C)(C)C)COCC[Si](C)(C)C)c3)CO4)ccc2O1. The summed E-state index contributed by atoms with van der Waals surface area (Å²) in [7, 11) is -6.56. The van der Waals surface area contributed by atoms with E-state index in [-0.39, 0.29) is 37.7 Å². The molecule has 3 aromatic carbocycles. The Kier molecular flexibility index (Phi) is 15.8. The lowest BCUT2D eigenvalue weighted by molar-refractivity contribution is -0.180. The predicted octanol–water partition coefficient (Wildman–Crippen LogP) is 7.17. The van der Waals surface area contributed by atoms with E-state index in [1.165, 1.54) is 4.31 Å². The van der Waals surface area contributed by atoms with Crippen molar-refractivity contribution in [2.75, 3.05) is 53.0 Å². The minimum atomic E-state index is -3.89. The van der Waals surface area contributed by atoms with Gasteiger partial charge in [-0.15, -0.1) is 4.31 Å². The minimum Gasteiger partial charge on any atom is -0.486 e. The molecule has 0 aromatic heterocycles. The quantitative estimate of drug-likeness (QED) is 0.0606. The number of fused-ring (bicyclic) bond motifs is 2. The van der Waals surface area contributed by atoms with Crippen LogP contribution in [0, 0.1) is 0 Å². The molecule has 0 saturated heterocycles. The van der Waals surface area contributed by atoms with Crippen molar-refractivity contribution in [3.05, 3.63) is 82.9 Å². The minimum absolute atomic E-state index is 0.0656. The van der Waals surface area contributed by atoms with E-state index >= 15 is 0 Å². The second-order valence-electron chi connectivity index (χ2n) is 17.8. The van der Waals surface area contributed by atoms with E-state index in [2.05, 4.69) is 44.6 Å². The van der Waals surface area contributed by atoms with Crippen molar-refractivity contribution in [2.45, 2.75) is 108 Å². The standard InChI is InChI=1S/C42H64N2O10SSi2/c1-42(2)52-27-35-24-34(13-15-39(35)54-42)38(45)25-43-17-16-32-12-14-40-41(23-32)53-36(29-51-40)28-50-26-33-10-9-11-37(22-33)55(46,47)44(30-48-18-20-56(3,4)5)31-49-19-21-57(6,7)8/h9-15,22-24,36,38,43,45H,16-21,25-31H2,1-8H3/t36-,38-/m1/s1. The first-order chi connectivity index (χ1) is 26.9. The summed E-state index contributed by atoms with van der Waals surface area (Å²) in [5, 5.41) is 14.2. The molecular formula is C42H64N2O10SSi2. The van der Waals surface area contributed by atoms with Gasteiger partial charge in [0.15, 0.2) is 17.6 Å². The predicted molar refractivity (Wildman–Crippen MR) is 227 cm³/mol. The van der Waals surface area contributed by atoms with E-state index in [4.69, 9.17) is 33.2 Å². The summed E-state index contributed by atoms with van der Waals surface area (Å²) in [6, 6.07) is 20.4. The Morgan fingerprint density at radius 2 is 1.58 bits per heavy atom. The van der Waals surface area contributed by atoms with E-state index < -0.39 is 38.1 Å². The van der Waals surface area contributed by atoms with Gasteiger partial charge < -0.3 is 43.6 Å². The van der Waals surface area contributed by atoms with Gasteiger partial charge >= 0.3 is 0 Å². The van der Waals surface area contributed by atoms with Crippen LogP contribution < -0.4 is 19.5 Å². The summed E-state index contributed by atoms with van der Waals surface area (Å²) in [4.78, 5) is 0.168. The van der Waals surface area contributed by atoms with Crippen LogP contribution in [0.3, 0.4) is 0 Å². The molecule has 2 aliphatic rings. The van der Waals surface area contributed by atoms with Crippen LogP contribution in [0.4, 0.5) is 0 Å². The van der Waals surface area contributed by atoms with Crippen LogP contribution in [0.5, 0.6) is 17.2 Å². The van der Waals surface area contributed by atoms with Crippen molar-refractivity contribution >= 4 is 26.2 Å². The van der Waals surface area contributed by atoms with E-state index in [1.807, 2.05) is 56.3 Å². The van der Waals surface area contributed by atoms with Crippen LogP contribution in [0.25, 0.3) is 0 Å². The van der Waals surface area contributed by atoms with Gasteiger partial charge in [-0.1, -0.05) is 63.5 Å². The molecule has 2 atom stereocenters. The van der Waals surface area contributed by atoms with E-state index in [0.717, 1.165) is 46.5 Å². The lowest BCUT2D eigenvalue weighted by atomic mass is 10.0. The molecule has 0 radical (unpaired) electrons. The Morgan fingerprint density at radius 3 is 2.28 bits per heavy atom. The number of aliphatic hydroxyl groups excluding tert-OH is 1. The second kappa shape index (κ2) is 19.9. The van der Waals surface area contributed by atoms with Gasteiger partial charge in [-0.2, -0.15) is 0 Å². The fraction of sp³-hybridized carbons (Fsp3) is 0.571. The number of aliphatic hydroxyl groups is 1.